The van der Waals surface area contributed by atoms with Gasteiger partial charge in [0.1, 0.15) is 11.9 Å². The first-order valence-corrected chi connectivity index (χ1v) is 12.0. The van der Waals surface area contributed by atoms with Crippen molar-refractivity contribution in [3.8, 4) is 0 Å². The first kappa shape index (κ1) is 24.9. The molecule has 1 unspecified atom stereocenters. The van der Waals surface area contributed by atoms with Crippen molar-refractivity contribution in [2.75, 3.05) is 12.3 Å². The first-order valence-electron chi connectivity index (χ1n) is 10.5. The number of amides is 1. The predicted octanol–water partition coefficient (Wildman–Crippen LogP) is 1.92. The average molecular weight is 483 g/mol. The molecule has 0 fully saturated rings. The molecule has 1 heterocycles. The van der Waals surface area contributed by atoms with Crippen molar-refractivity contribution >= 4 is 27.7 Å². The summed E-state index contributed by atoms with van der Waals surface area (Å²) in [6.07, 6.45) is 1.40. The van der Waals surface area contributed by atoms with E-state index in [0.29, 0.717) is 24.2 Å². The lowest BCUT2D eigenvalue weighted by atomic mass is 10.1. The molecule has 1 atom stereocenters. The number of pyridine rings is 1. The number of nitrogen functional groups attached to an aromatic ring is 1. The van der Waals surface area contributed by atoms with E-state index in [1.165, 1.54) is 12.1 Å². The molecule has 0 aliphatic rings. The number of aliphatic carboxylic acids is 1. The Kier molecular flexibility index (Phi) is 7.98. The highest BCUT2D eigenvalue weighted by Crippen LogP contribution is 2.12. The molecule has 1 aromatic heterocycles. The third-order valence-electron chi connectivity index (χ3n) is 5.11. The monoisotopic (exact) mass is 482 g/mol. The number of hydrogen-bond donors (Lipinski definition) is 4. The van der Waals surface area contributed by atoms with Crippen LogP contribution in [0.5, 0.6) is 0 Å². The van der Waals surface area contributed by atoms with Crippen LogP contribution in [0.25, 0.3) is 0 Å². The van der Waals surface area contributed by atoms with Crippen LogP contribution in [0.2, 0.25) is 0 Å². The van der Waals surface area contributed by atoms with Crippen LogP contribution in [-0.4, -0.2) is 43.0 Å². The molecular formula is C24H26N4O5S. The Hall–Kier alpha value is -3.76. The van der Waals surface area contributed by atoms with Crippen molar-refractivity contribution in [3.05, 3.63) is 89.1 Å². The number of nitrogens with zero attached hydrogens (tertiary/aromatic N) is 1. The molecule has 2 aromatic carbocycles. The van der Waals surface area contributed by atoms with Crippen LogP contribution in [0.4, 0.5) is 5.82 Å². The third kappa shape index (κ3) is 6.87. The van der Waals surface area contributed by atoms with Crippen molar-refractivity contribution in [2.45, 2.75) is 30.7 Å². The van der Waals surface area contributed by atoms with Crippen molar-refractivity contribution in [2.24, 2.45) is 0 Å². The van der Waals surface area contributed by atoms with Crippen molar-refractivity contribution in [1.82, 2.24) is 15.0 Å². The van der Waals surface area contributed by atoms with Crippen LogP contribution < -0.4 is 15.8 Å². The van der Waals surface area contributed by atoms with E-state index in [1.807, 2.05) is 19.1 Å². The number of anilines is 1. The van der Waals surface area contributed by atoms with Crippen LogP contribution in [0.3, 0.4) is 0 Å². The Labute approximate surface area is 198 Å². The van der Waals surface area contributed by atoms with Crippen molar-refractivity contribution in [1.29, 1.82) is 0 Å². The van der Waals surface area contributed by atoms with E-state index in [4.69, 9.17) is 5.73 Å². The molecule has 0 saturated carbocycles. The summed E-state index contributed by atoms with van der Waals surface area (Å²) in [5.74, 6) is -1.45. The third-order valence-corrected chi connectivity index (χ3v) is 6.60. The SMILES string of the molecule is Cc1ccc(S(=O)(=O)NC(CNC(=O)c2ccc(CCc3cccc(N)n3)cc2)C(=O)O)cc1. The maximum atomic E-state index is 12.5. The molecule has 178 valence electrons. The summed E-state index contributed by atoms with van der Waals surface area (Å²) in [4.78, 5) is 28.2. The fourth-order valence-corrected chi connectivity index (χ4v) is 4.37. The van der Waals surface area contributed by atoms with Gasteiger partial charge in [-0.2, -0.15) is 4.72 Å². The molecule has 10 heteroatoms. The first-order chi connectivity index (χ1) is 16.1. The summed E-state index contributed by atoms with van der Waals surface area (Å²) in [5.41, 5.74) is 8.75. The molecule has 0 aliphatic heterocycles. The van der Waals surface area contributed by atoms with Gasteiger partial charge in [0.2, 0.25) is 10.0 Å². The van der Waals surface area contributed by atoms with E-state index < -0.39 is 34.5 Å². The molecule has 1 amide bonds. The Morgan fingerprint density at radius 2 is 1.68 bits per heavy atom. The number of carboxylic acids is 1. The molecule has 9 nitrogen and oxygen atoms in total. The Morgan fingerprint density at radius 1 is 1.00 bits per heavy atom. The van der Waals surface area contributed by atoms with Crippen LogP contribution in [0, 0.1) is 6.92 Å². The second-order valence-electron chi connectivity index (χ2n) is 7.79. The zero-order chi connectivity index (χ0) is 24.7. The molecule has 0 saturated heterocycles. The predicted molar refractivity (Wildman–Crippen MR) is 128 cm³/mol. The zero-order valence-electron chi connectivity index (χ0n) is 18.6. The van der Waals surface area contributed by atoms with E-state index in [2.05, 4.69) is 15.0 Å². The number of nitrogens with one attached hydrogen (secondary N) is 2. The van der Waals surface area contributed by atoms with Gasteiger partial charge in [-0.25, -0.2) is 13.4 Å². The molecule has 5 N–H and O–H groups in total. The van der Waals surface area contributed by atoms with Gasteiger partial charge in [-0.05, 0) is 61.7 Å². The number of aryl methyl sites for hydroxylation is 3. The molecule has 0 aliphatic carbocycles. The van der Waals surface area contributed by atoms with Gasteiger partial charge < -0.3 is 16.2 Å². The smallest absolute Gasteiger partial charge is 0.323 e. The van der Waals surface area contributed by atoms with Gasteiger partial charge in [0.15, 0.2) is 0 Å². The van der Waals surface area contributed by atoms with Gasteiger partial charge in [-0.3, -0.25) is 9.59 Å². The molecule has 34 heavy (non-hydrogen) atoms. The maximum Gasteiger partial charge on any atom is 0.323 e. The van der Waals surface area contributed by atoms with Gasteiger partial charge >= 0.3 is 5.97 Å². The summed E-state index contributed by atoms with van der Waals surface area (Å²) in [6.45, 7) is 1.39. The number of hydrogen-bond acceptors (Lipinski definition) is 6. The number of carbonyl (C=O) groups excluding carboxylic acids is 1. The minimum atomic E-state index is -4.07. The largest absolute Gasteiger partial charge is 0.480 e. The normalized spacial score (nSPS) is 12.1. The van der Waals surface area contributed by atoms with Crippen LogP contribution in [-0.2, 0) is 27.7 Å². The summed E-state index contributed by atoms with van der Waals surface area (Å²) < 4.78 is 27.1. The number of benzene rings is 2. The summed E-state index contributed by atoms with van der Waals surface area (Å²) >= 11 is 0. The van der Waals surface area contributed by atoms with E-state index in [-0.39, 0.29) is 4.90 Å². The van der Waals surface area contributed by atoms with Gasteiger partial charge in [-0.1, -0.05) is 35.9 Å². The number of rotatable bonds is 10. The molecule has 0 bridgehead atoms. The Morgan fingerprint density at radius 3 is 2.29 bits per heavy atom. The van der Waals surface area contributed by atoms with E-state index in [0.717, 1.165) is 16.8 Å². The highest BCUT2D eigenvalue weighted by Gasteiger charge is 2.26. The standard InChI is InChI=1S/C24H26N4O5S/c1-16-5-13-20(14-6-16)34(32,33)28-21(24(30)31)15-26-23(29)18-10-7-17(8-11-18)9-12-19-3-2-4-22(25)27-19/h2-8,10-11,13-14,21,28H,9,12,15H2,1H3,(H2,25,27)(H,26,29)(H,30,31). The number of aromatic nitrogens is 1. The highest BCUT2D eigenvalue weighted by molar-refractivity contribution is 7.89. The Bertz CT molecular complexity index is 1260. The summed E-state index contributed by atoms with van der Waals surface area (Å²) in [7, 11) is -4.07. The van der Waals surface area contributed by atoms with E-state index in [9.17, 15) is 23.1 Å². The lowest BCUT2D eigenvalue weighted by molar-refractivity contribution is -0.138. The van der Waals surface area contributed by atoms with E-state index in [1.54, 1.807) is 42.5 Å². The Balaban J connectivity index is 1.57. The minimum absolute atomic E-state index is 0.0559. The summed E-state index contributed by atoms with van der Waals surface area (Å²) in [5, 5.41) is 11.9. The van der Waals surface area contributed by atoms with Gasteiger partial charge in [-0.15, -0.1) is 0 Å². The van der Waals surface area contributed by atoms with Gasteiger partial charge in [0, 0.05) is 17.8 Å². The maximum absolute atomic E-state index is 12.5. The lowest BCUT2D eigenvalue weighted by Crippen LogP contribution is -2.48. The number of sulfonamides is 1. The molecular weight excluding hydrogens is 456 g/mol. The quantitative estimate of drug-likeness (QED) is 0.344. The second-order valence-corrected chi connectivity index (χ2v) is 9.50. The molecule has 3 aromatic rings. The van der Waals surface area contributed by atoms with Crippen LogP contribution in [0.1, 0.15) is 27.2 Å². The number of nitrogens with two attached hydrogens (primary N) is 1. The lowest BCUT2D eigenvalue weighted by Gasteiger charge is -2.16. The molecule has 0 radical (unpaired) electrons. The second kappa shape index (κ2) is 10.9. The van der Waals surface area contributed by atoms with Crippen LogP contribution in [0.15, 0.2) is 71.6 Å². The minimum Gasteiger partial charge on any atom is -0.480 e. The van der Waals surface area contributed by atoms with E-state index >= 15 is 0 Å². The number of carbonyl (C=O) groups is 2. The number of carboxylic acid groups (broad SMARTS) is 1. The average Bonchev–Trinajstić information content (AvgIpc) is 2.80. The fraction of sp³-hybridized carbons (Fsp3) is 0.208. The van der Waals surface area contributed by atoms with Crippen molar-refractivity contribution in [3.63, 3.8) is 0 Å². The molecule has 0 spiro atoms. The van der Waals surface area contributed by atoms with Gasteiger partial charge in [0.05, 0.1) is 4.90 Å². The van der Waals surface area contributed by atoms with Gasteiger partial charge in [0.25, 0.3) is 5.91 Å². The van der Waals surface area contributed by atoms with Crippen molar-refractivity contribution < 1.29 is 23.1 Å². The van der Waals surface area contributed by atoms with Crippen LogP contribution >= 0.6 is 0 Å². The summed E-state index contributed by atoms with van der Waals surface area (Å²) in [6, 6.07) is 16.8. The molecule has 3 rings (SSSR count). The topological polar surface area (TPSA) is 151 Å². The highest BCUT2D eigenvalue weighted by atomic mass is 32.2. The zero-order valence-corrected chi connectivity index (χ0v) is 19.4. The fourth-order valence-electron chi connectivity index (χ4n) is 3.18.